The number of benzene rings is 2. The second kappa shape index (κ2) is 7.18. The lowest BCUT2D eigenvalue weighted by Gasteiger charge is -2.22. The topological polar surface area (TPSA) is 59.9 Å². The monoisotopic (exact) mass is 332 g/mol. The van der Waals surface area contributed by atoms with Crippen LogP contribution in [0.1, 0.15) is 15.9 Å². The maximum absolute atomic E-state index is 13.1. The first-order chi connectivity index (χ1) is 11.6. The lowest BCUT2D eigenvalue weighted by Crippen LogP contribution is -2.40. The van der Waals surface area contributed by atoms with E-state index >= 15 is 0 Å². The lowest BCUT2D eigenvalue weighted by atomic mass is 10.2. The Morgan fingerprint density at radius 1 is 1.21 bits per heavy atom. The van der Waals surface area contributed by atoms with E-state index in [1.807, 2.05) is 30.3 Å². The Labute approximate surface area is 136 Å². The quantitative estimate of drug-likeness (QED) is 0.874. The summed E-state index contributed by atoms with van der Waals surface area (Å²) < 4.78 is 31.0. The van der Waals surface area contributed by atoms with E-state index in [1.165, 1.54) is 0 Å². The number of halogens is 2. The molecule has 0 fully saturated rings. The summed E-state index contributed by atoms with van der Waals surface area (Å²) in [5, 5.41) is 0. The molecule has 0 bridgehead atoms. The predicted octanol–water partition coefficient (Wildman–Crippen LogP) is 2.47. The summed E-state index contributed by atoms with van der Waals surface area (Å²) in [6.07, 6.45) is -0.466. The number of esters is 1. The van der Waals surface area contributed by atoms with Gasteiger partial charge in [-0.25, -0.2) is 19.1 Å². The number of rotatable bonds is 4. The molecule has 0 amide bonds. The number of carbonyl (C=O) groups excluding carboxylic acids is 1. The molecular formula is C17H14F2N2O3. The van der Waals surface area contributed by atoms with Crippen molar-refractivity contribution in [2.45, 2.75) is 6.10 Å². The summed E-state index contributed by atoms with van der Waals surface area (Å²) in [6.45, 7) is 0.249. The summed E-state index contributed by atoms with van der Waals surface area (Å²) in [5.74, 6) is -2.28. The third-order valence-corrected chi connectivity index (χ3v) is 3.38. The molecule has 0 aliphatic carbocycles. The van der Waals surface area contributed by atoms with Gasteiger partial charge < -0.3 is 4.74 Å². The van der Waals surface area contributed by atoms with Crippen molar-refractivity contribution in [2.75, 3.05) is 13.2 Å². The van der Waals surface area contributed by atoms with Crippen LogP contribution in [-0.4, -0.2) is 31.1 Å². The average molecular weight is 332 g/mol. The highest BCUT2D eigenvalue weighted by atomic mass is 19.2. The Balaban J connectivity index is 1.54. The number of amidine groups is 1. The molecule has 7 heteroatoms. The molecule has 0 saturated carbocycles. The Bertz CT molecular complexity index is 766. The van der Waals surface area contributed by atoms with Gasteiger partial charge in [0, 0.05) is 5.56 Å². The molecule has 2 aromatic carbocycles. The zero-order valence-electron chi connectivity index (χ0n) is 12.5. The first-order valence-electron chi connectivity index (χ1n) is 7.27. The van der Waals surface area contributed by atoms with Crippen molar-refractivity contribution in [3.05, 3.63) is 71.3 Å². The van der Waals surface area contributed by atoms with Crippen LogP contribution in [0.25, 0.3) is 0 Å². The van der Waals surface area contributed by atoms with Crippen molar-refractivity contribution in [3.8, 4) is 0 Å². The number of hydroxylamine groups is 1. The number of carbonyl (C=O) groups is 1. The van der Waals surface area contributed by atoms with Gasteiger partial charge in [0.1, 0.15) is 12.7 Å². The van der Waals surface area contributed by atoms with Crippen LogP contribution in [0.4, 0.5) is 8.78 Å². The maximum Gasteiger partial charge on any atom is 0.338 e. The number of nitrogens with one attached hydrogen (secondary N) is 1. The summed E-state index contributed by atoms with van der Waals surface area (Å²) >= 11 is 0. The van der Waals surface area contributed by atoms with Crippen LogP contribution >= 0.6 is 0 Å². The van der Waals surface area contributed by atoms with Crippen molar-refractivity contribution in [2.24, 2.45) is 4.99 Å². The van der Waals surface area contributed by atoms with Crippen LogP contribution in [0.3, 0.4) is 0 Å². The second-order valence-corrected chi connectivity index (χ2v) is 5.12. The van der Waals surface area contributed by atoms with Crippen LogP contribution < -0.4 is 5.48 Å². The van der Waals surface area contributed by atoms with E-state index in [0.717, 1.165) is 23.8 Å². The van der Waals surface area contributed by atoms with E-state index in [1.54, 1.807) is 0 Å². The lowest BCUT2D eigenvalue weighted by molar-refractivity contribution is -0.0349. The third kappa shape index (κ3) is 3.75. The Morgan fingerprint density at radius 3 is 2.67 bits per heavy atom. The zero-order valence-corrected chi connectivity index (χ0v) is 12.5. The molecule has 3 rings (SSSR count). The van der Waals surface area contributed by atoms with Crippen molar-refractivity contribution in [3.63, 3.8) is 0 Å². The molecule has 1 N–H and O–H groups in total. The van der Waals surface area contributed by atoms with Gasteiger partial charge in [-0.05, 0) is 18.2 Å². The van der Waals surface area contributed by atoms with E-state index in [2.05, 4.69) is 10.5 Å². The SMILES string of the molecule is O=C(OCC1CN=C(c2ccccc2)NO1)c1ccc(F)c(F)c1. The molecule has 0 radical (unpaired) electrons. The molecule has 1 atom stereocenters. The highest BCUT2D eigenvalue weighted by molar-refractivity contribution is 5.98. The second-order valence-electron chi connectivity index (χ2n) is 5.12. The molecule has 1 unspecified atom stereocenters. The fraction of sp³-hybridized carbons (Fsp3) is 0.176. The molecule has 1 heterocycles. The van der Waals surface area contributed by atoms with Crippen molar-refractivity contribution in [1.82, 2.24) is 5.48 Å². The molecule has 0 aromatic heterocycles. The number of nitrogens with zero attached hydrogens (tertiary/aromatic N) is 1. The van der Waals surface area contributed by atoms with Crippen LogP contribution in [0.2, 0.25) is 0 Å². The molecule has 124 valence electrons. The molecule has 24 heavy (non-hydrogen) atoms. The first kappa shape index (κ1) is 16.1. The summed E-state index contributed by atoms with van der Waals surface area (Å²) in [4.78, 5) is 21.5. The molecule has 1 aliphatic rings. The van der Waals surface area contributed by atoms with E-state index in [-0.39, 0.29) is 12.2 Å². The maximum atomic E-state index is 13.1. The fourth-order valence-corrected chi connectivity index (χ4v) is 2.11. The fourth-order valence-electron chi connectivity index (χ4n) is 2.11. The highest BCUT2D eigenvalue weighted by Crippen LogP contribution is 2.11. The van der Waals surface area contributed by atoms with Crippen LogP contribution in [0.15, 0.2) is 53.5 Å². The normalized spacial score (nSPS) is 16.9. The first-order valence-corrected chi connectivity index (χ1v) is 7.27. The largest absolute Gasteiger partial charge is 0.459 e. The van der Waals surface area contributed by atoms with Crippen LogP contribution in [0.5, 0.6) is 0 Å². The Hall–Kier alpha value is -2.80. The van der Waals surface area contributed by atoms with Crippen LogP contribution in [0, 0.1) is 11.6 Å². The van der Waals surface area contributed by atoms with Crippen molar-refractivity contribution < 1.29 is 23.1 Å². The molecule has 1 aliphatic heterocycles. The van der Waals surface area contributed by atoms with E-state index in [0.29, 0.717) is 12.4 Å². The minimum absolute atomic E-state index is 0.0591. The average Bonchev–Trinajstić information content (AvgIpc) is 2.63. The number of ether oxygens (including phenoxy) is 1. The standard InChI is InChI=1S/C17H14F2N2O3/c18-14-7-6-12(8-15(14)19)17(22)23-10-13-9-20-16(21-24-13)11-4-2-1-3-5-11/h1-8,13H,9-10H2,(H,20,21). The van der Waals surface area contributed by atoms with Gasteiger partial charge in [0.15, 0.2) is 17.5 Å². The van der Waals surface area contributed by atoms with Gasteiger partial charge in [-0.1, -0.05) is 30.3 Å². The third-order valence-electron chi connectivity index (χ3n) is 3.38. The van der Waals surface area contributed by atoms with Crippen molar-refractivity contribution in [1.29, 1.82) is 0 Å². The van der Waals surface area contributed by atoms with Gasteiger partial charge in [-0.2, -0.15) is 0 Å². The number of aliphatic imine (C=N–C) groups is 1. The van der Waals surface area contributed by atoms with Gasteiger partial charge in [0.25, 0.3) is 0 Å². The Kier molecular flexibility index (Phi) is 4.81. The van der Waals surface area contributed by atoms with Crippen molar-refractivity contribution >= 4 is 11.8 Å². The molecule has 0 spiro atoms. The van der Waals surface area contributed by atoms with Gasteiger partial charge in [-0.15, -0.1) is 0 Å². The number of hydrogen-bond donors (Lipinski definition) is 1. The summed E-state index contributed by atoms with van der Waals surface area (Å²) in [5.41, 5.74) is 3.53. The zero-order chi connectivity index (χ0) is 16.9. The number of hydrogen-bond acceptors (Lipinski definition) is 5. The van der Waals surface area contributed by atoms with Gasteiger partial charge >= 0.3 is 5.97 Å². The highest BCUT2D eigenvalue weighted by Gasteiger charge is 2.20. The summed E-state index contributed by atoms with van der Waals surface area (Å²) in [7, 11) is 0. The van der Waals surface area contributed by atoms with Gasteiger partial charge in [0.2, 0.25) is 0 Å². The van der Waals surface area contributed by atoms with Gasteiger partial charge in [-0.3, -0.25) is 9.83 Å². The molecule has 5 nitrogen and oxygen atoms in total. The van der Waals surface area contributed by atoms with E-state index in [4.69, 9.17) is 9.57 Å². The van der Waals surface area contributed by atoms with E-state index < -0.39 is 23.7 Å². The summed E-state index contributed by atoms with van der Waals surface area (Å²) in [6, 6.07) is 12.3. The molecule has 2 aromatic rings. The van der Waals surface area contributed by atoms with Gasteiger partial charge in [0.05, 0.1) is 12.1 Å². The smallest absolute Gasteiger partial charge is 0.338 e. The molecular weight excluding hydrogens is 318 g/mol. The van der Waals surface area contributed by atoms with E-state index in [9.17, 15) is 13.6 Å². The molecule has 0 saturated heterocycles. The minimum atomic E-state index is -1.10. The Morgan fingerprint density at radius 2 is 2.00 bits per heavy atom. The predicted molar refractivity (Wildman–Crippen MR) is 82.5 cm³/mol. The minimum Gasteiger partial charge on any atom is -0.459 e. The van der Waals surface area contributed by atoms with Crippen LogP contribution in [-0.2, 0) is 9.57 Å².